The van der Waals surface area contributed by atoms with Crippen molar-refractivity contribution in [1.29, 1.82) is 0 Å². The number of phosphoric ester groups is 1. The second-order valence-electron chi connectivity index (χ2n) is 23.1. The summed E-state index contributed by atoms with van der Waals surface area (Å²) in [5, 5.41) is 14.1. The monoisotopic (exact) mass is 1100 g/mol. The average molecular weight is 1100 g/mol. The number of carbonyl (C=O) groups is 1. The number of allylic oxidation sites excluding steroid dienone is 14. The van der Waals surface area contributed by atoms with Crippen LogP contribution < -0.4 is 10.2 Å². The molecule has 0 spiro atoms. The van der Waals surface area contributed by atoms with Crippen molar-refractivity contribution in [3.63, 3.8) is 0 Å². The van der Waals surface area contributed by atoms with E-state index in [2.05, 4.69) is 104 Å². The molecule has 2 N–H and O–H groups in total. The van der Waals surface area contributed by atoms with Gasteiger partial charge in [0.05, 0.1) is 39.9 Å². The number of quaternary nitrogens is 1. The number of aliphatic hydroxyl groups excluding tert-OH is 1. The molecule has 0 heterocycles. The third-order valence-electron chi connectivity index (χ3n) is 14.4. The second-order valence-corrected chi connectivity index (χ2v) is 24.5. The Hall–Kier alpha value is -2.32. The first kappa shape index (κ1) is 74.7. The van der Waals surface area contributed by atoms with Crippen molar-refractivity contribution in [1.82, 2.24) is 5.32 Å². The van der Waals surface area contributed by atoms with E-state index < -0.39 is 20.0 Å². The Kier molecular flexibility index (Phi) is 56.6. The second kappa shape index (κ2) is 58.3. The summed E-state index contributed by atoms with van der Waals surface area (Å²) < 4.78 is 23.5. The minimum absolute atomic E-state index is 0.00407. The maximum Gasteiger partial charge on any atom is 0.268 e. The predicted octanol–water partition coefficient (Wildman–Crippen LogP) is 19.7. The van der Waals surface area contributed by atoms with E-state index in [1.165, 1.54) is 161 Å². The third-order valence-corrected chi connectivity index (χ3v) is 15.4. The van der Waals surface area contributed by atoms with Crippen LogP contribution in [0.4, 0.5) is 0 Å². The Morgan fingerprint density at radius 3 is 1.16 bits per heavy atom. The van der Waals surface area contributed by atoms with Crippen molar-refractivity contribution < 1.29 is 32.9 Å². The van der Waals surface area contributed by atoms with Gasteiger partial charge in [-0.25, -0.2) is 0 Å². The number of nitrogens with one attached hydrogen (secondary N) is 1. The molecule has 0 saturated heterocycles. The minimum atomic E-state index is -4.59. The first-order valence-corrected chi connectivity index (χ1v) is 33.9. The molecule has 0 aromatic heterocycles. The van der Waals surface area contributed by atoms with Gasteiger partial charge in [-0.05, 0) is 70.6 Å². The summed E-state index contributed by atoms with van der Waals surface area (Å²) in [5.74, 6) is -0.183. The SMILES string of the molecule is CC/C=C\C/C=C\C/C=C\C/C=C\C/C=C\C/C=C\C/C=C\CCCCCCCC(=O)NC(COP(=O)([O-])OCC[N+](C)(C)C)C(O)CCCCCCCCCCCCCCCCCCCCCCCCCCCCCC. The normalized spacial score (nSPS) is 14.3. The summed E-state index contributed by atoms with van der Waals surface area (Å²) in [6.07, 6.45) is 82.1. The van der Waals surface area contributed by atoms with E-state index in [0.29, 0.717) is 23.9 Å². The minimum Gasteiger partial charge on any atom is -0.756 e. The smallest absolute Gasteiger partial charge is 0.268 e. The Morgan fingerprint density at radius 2 is 0.792 bits per heavy atom. The fourth-order valence-corrected chi connectivity index (χ4v) is 10.1. The zero-order chi connectivity index (χ0) is 56.3. The van der Waals surface area contributed by atoms with Crippen LogP contribution in [0, 0.1) is 0 Å². The lowest BCUT2D eigenvalue weighted by molar-refractivity contribution is -0.870. The standard InChI is InChI=1S/C68H125N2O6P/c1-6-8-10-12-14-16-18-20-22-24-26-28-30-32-34-36-37-39-41-43-45-47-49-51-53-55-57-59-61-67(71)66(65-76-77(73,74)75-64-63-70(3,4)5)69-68(72)62-60-58-56-54-52-50-48-46-44-42-40-38-35-33-31-29-27-25-23-21-19-17-15-13-11-9-7-2/h9,11,15,17,21,23,27,29,33,35,40,42,46,48,66-67,71H,6-8,10,12-14,16,18-20,22,24-26,28,30-32,34,36-39,41,43-45,47,49-65H2,1-5H3,(H-,69,72,73,74)/b11-9-,17-15-,23-21-,29-27-,35-33-,42-40-,48-46-. The quantitative estimate of drug-likeness (QED) is 0.0272. The molecule has 0 aliphatic rings. The van der Waals surface area contributed by atoms with Crippen LogP contribution in [0.1, 0.15) is 290 Å². The summed E-state index contributed by atoms with van der Waals surface area (Å²) in [5.41, 5.74) is 0. The molecule has 448 valence electrons. The molecule has 8 nitrogen and oxygen atoms in total. The van der Waals surface area contributed by atoms with E-state index in [1.807, 2.05) is 21.1 Å². The summed E-state index contributed by atoms with van der Waals surface area (Å²) in [6.45, 7) is 4.62. The number of hydrogen-bond acceptors (Lipinski definition) is 6. The molecular formula is C68H125N2O6P. The molecule has 0 radical (unpaired) electrons. The van der Waals surface area contributed by atoms with Gasteiger partial charge in [-0.1, -0.05) is 298 Å². The fourth-order valence-electron chi connectivity index (χ4n) is 9.38. The molecule has 0 rings (SSSR count). The number of amides is 1. The highest BCUT2D eigenvalue weighted by atomic mass is 31.2. The van der Waals surface area contributed by atoms with Gasteiger partial charge in [-0.15, -0.1) is 0 Å². The van der Waals surface area contributed by atoms with E-state index in [9.17, 15) is 19.4 Å². The van der Waals surface area contributed by atoms with Gasteiger partial charge in [0.25, 0.3) is 7.82 Å². The van der Waals surface area contributed by atoms with Gasteiger partial charge in [0.15, 0.2) is 0 Å². The Bertz CT molecular complexity index is 1530. The summed E-state index contributed by atoms with van der Waals surface area (Å²) in [7, 11) is 1.29. The molecule has 0 aliphatic carbocycles. The van der Waals surface area contributed by atoms with Crippen LogP contribution in [0.25, 0.3) is 0 Å². The molecule has 3 atom stereocenters. The van der Waals surface area contributed by atoms with Gasteiger partial charge in [0, 0.05) is 6.42 Å². The molecule has 0 aromatic carbocycles. The number of rotatable bonds is 59. The van der Waals surface area contributed by atoms with Gasteiger partial charge < -0.3 is 28.8 Å². The van der Waals surface area contributed by atoms with E-state index in [1.54, 1.807) is 0 Å². The maximum absolute atomic E-state index is 13.0. The molecule has 0 fully saturated rings. The van der Waals surface area contributed by atoms with Crippen molar-refractivity contribution >= 4 is 13.7 Å². The topological polar surface area (TPSA) is 108 Å². The molecule has 77 heavy (non-hydrogen) atoms. The van der Waals surface area contributed by atoms with Crippen LogP contribution in [0.5, 0.6) is 0 Å². The number of aliphatic hydroxyl groups is 1. The first-order valence-electron chi connectivity index (χ1n) is 32.4. The largest absolute Gasteiger partial charge is 0.756 e. The number of hydrogen-bond donors (Lipinski definition) is 2. The molecule has 0 aromatic rings. The molecule has 0 aliphatic heterocycles. The van der Waals surface area contributed by atoms with Crippen LogP contribution in [-0.4, -0.2) is 68.5 Å². The zero-order valence-electron chi connectivity index (χ0n) is 51.1. The Morgan fingerprint density at radius 1 is 0.468 bits per heavy atom. The molecule has 1 amide bonds. The van der Waals surface area contributed by atoms with Gasteiger partial charge in [0.2, 0.25) is 5.91 Å². The van der Waals surface area contributed by atoms with Gasteiger partial charge in [0.1, 0.15) is 13.2 Å². The average Bonchev–Trinajstić information content (AvgIpc) is 3.39. The summed E-state index contributed by atoms with van der Waals surface area (Å²) in [4.78, 5) is 25.6. The van der Waals surface area contributed by atoms with Crippen molar-refractivity contribution in [2.75, 3.05) is 40.9 Å². The first-order chi connectivity index (χ1) is 37.5. The molecule has 3 unspecified atom stereocenters. The van der Waals surface area contributed by atoms with Crippen molar-refractivity contribution in [3.05, 3.63) is 85.1 Å². The Balaban J connectivity index is 4.16. The molecular weight excluding hydrogens is 972 g/mol. The number of nitrogens with zero attached hydrogens (tertiary/aromatic N) is 1. The van der Waals surface area contributed by atoms with Gasteiger partial charge in [-0.2, -0.15) is 0 Å². The molecule has 0 saturated carbocycles. The van der Waals surface area contributed by atoms with Crippen LogP contribution in [0.2, 0.25) is 0 Å². The van der Waals surface area contributed by atoms with Gasteiger partial charge >= 0.3 is 0 Å². The zero-order valence-corrected chi connectivity index (χ0v) is 52.0. The van der Waals surface area contributed by atoms with Crippen LogP contribution in [-0.2, 0) is 18.4 Å². The van der Waals surface area contributed by atoms with Crippen LogP contribution >= 0.6 is 7.82 Å². The lowest BCUT2D eigenvalue weighted by Gasteiger charge is -2.30. The summed E-state index contributed by atoms with van der Waals surface area (Å²) in [6, 6.07) is -0.819. The molecule has 0 bridgehead atoms. The van der Waals surface area contributed by atoms with Crippen molar-refractivity contribution in [2.45, 2.75) is 302 Å². The number of likely N-dealkylation sites (N-methyl/N-ethyl adjacent to an activating group) is 1. The highest BCUT2D eigenvalue weighted by Gasteiger charge is 2.24. The highest BCUT2D eigenvalue weighted by molar-refractivity contribution is 7.45. The van der Waals surface area contributed by atoms with E-state index >= 15 is 0 Å². The van der Waals surface area contributed by atoms with Crippen LogP contribution in [0.3, 0.4) is 0 Å². The van der Waals surface area contributed by atoms with Gasteiger partial charge in [-0.3, -0.25) is 9.36 Å². The summed E-state index contributed by atoms with van der Waals surface area (Å²) >= 11 is 0. The maximum atomic E-state index is 13.0. The van der Waals surface area contributed by atoms with Crippen LogP contribution in [0.15, 0.2) is 85.1 Å². The van der Waals surface area contributed by atoms with Crippen molar-refractivity contribution in [2.24, 2.45) is 0 Å². The van der Waals surface area contributed by atoms with Crippen molar-refractivity contribution in [3.8, 4) is 0 Å². The van der Waals surface area contributed by atoms with E-state index in [0.717, 1.165) is 103 Å². The highest BCUT2D eigenvalue weighted by Crippen LogP contribution is 2.38. The number of unbranched alkanes of at least 4 members (excludes halogenated alkanes) is 32. The fraction of sp³-hybridized carbons (Fsp3) is 0.779. The Labute approximate surface area is 477 Å². The lowest BCUT2D eigenvalue weighted by atomic mass is 10.0. The van der Waals surface area contributed by atoms with E-state index in [-0.39, 0.29) is 19.1 Å². The number of phosphoric acid groups is 1. The third kappa shape index (κ3) is 61.2. The number of carbonyl (C=O) groups excluding carboxylic acids is 1. The predicted molar refractivity (Wildman–Crippen MR) is 334 cm³/mol. The van der Waals surface area contributed by atoms with E-state index in [4.69, 9.17) is 9.05 Å². The molecule has 9 heteroatoms. The lowest BCUT2D eigenvalue weighted by Crippen LogP contribution is -2.46.